The molecule has 1 spiro atoms. The highest BCUT2D eigenvalue weighted by atomic mass is 16.5. The minimum Gasteiger partial charge on any atom is -0.451 e. The van der Waals surface area contributed by atoms with Gasteiger partial charge in [0.05, 0.1) is 25.8 Å². The molecule has 0 radical (unpaired) electrons. The molecule has 2 fully saturated rings. The van der Waals surface area contributed by atoms with Gasteiger partial charge in [-0.15, -0.1) is 0 Å². The Morgan fingerprint density at radius 1 is 1.46 bits per heavy atom. The number of rotatable bonds is 4. The molecule has 1 atom stereocenters. The molecule has 0 aliphatic carbocycles. The third kappa shape index (κ3) is 3.05. The number of pyridine rings is 1. The third-order valence-corrected chi connectivity index (χ3v) is 4.55. The Kier molecular flexibility index (Phi) is 4.03. The monoisotopic (exact) mass is 329 g/mol. The quantitative estimate of drug-likeness (QED) is 0.849. The van der Waals surface area contributed by atoms with Gasteiger partial charge in [-0.2, -0.15) is 0 Å². The number of likely N-dealkylation sites (tertiary alicyclic amines) is 1. The van der Waals surface area contributed by atoms with Gasteiger partial charge in [0, 0.05) is 25.4 Å². The lowest BCUT2D eigenvalue weighted by Crippen LogP contribution is -2.67. The Bertz CT molecular complexity index is 683. The molecule has 2 saturated heterocycles. The first-order valence-electron chi connectivity index (χ1n) is 8.06. The molecule has 126 valence electrons. The number of carbonyl (C=O) groups is 1. The van der Waals surface area contributed by atoms with Gasteiger partial charge in [0.1, 0.15) is 11.9 Å². The van der Waals surface area contributed by atoms with Crippen LogP contribution in [-0.4, -0.2) is 52.2 Å². The molecule has 1 amide bonds. The van der Waals surface area contributed by atoms with Gasteiger partial charge in [-0.05, 0) is 18.1 Å². The molecule has 2 aliphatic rings. The standard InChI is InChI=1S/C17H19N3O4/c21-16(15-9-22-12-19-15)20-10-17(11-20)6-14(3-5-24-17)23-8-13-2-1-4-18-7-13/h1-2,4,7,9,12,14H,3,5-6,8,10-11H2/t14-/m0/s1. The number of hydrogen-bond donors (Lipinski definition) is 0. The lowest BCUT2D eigenvalue weighted by Gasteiger charge is -2.52. The predicted molar refractivity (Wildman–Crippen MR) is 83.1 cm³/mol. The number of nitrogens with zero attached hydrogens (tertiary/aromatic N) is 3. The largest absolute Gasteiger partial charge is 0.451 e. The zero-order chi connectivity index (χ0) is 16.4. The number of hydrogen-bond acceptors (Lipinski definition) is 6. The van der Waals surface area contributed by atoms with E-state index in [9.17, 15) is 4.79 Å². The van der Waals surface area contributed by atoms with E-state index in [1.165, 1.54) is 12.7 Å². The summed E-state index contributed by atoms with van der Waals surface area (Å²) in [6.07, 6.45) is 8.02. The minimum atomic E-state index is -0.281. The Labute approximate surface area is 139 Å². The van der Waals surface area contributed by atoms with E-state index in [0.29, 0.717) is 32.0 Å². The van der Waals surface area contributed by atoms with Crippen molar-refractivity contribution < 1.29 is 18.7 Å². The molecule has 7 heteroatoms. The van der Waals surface area contributed by atoms with E-state index in [1.807, 2.05) is 18.3 Å². The van der Waals surface area contributed by atoms with Crippen LogP contribution in [-0.2, 0) is 16.1 Å². The molecular weight excluding hydrogens is 310 g/mol. The van der Waals surface area contributed by atoms with Crippen molar-refractivity contribution in [3.8, 4) is 0 Å². The second-order valence-corrected chi connectivity index (χ2v) is 6.35. The third-order valence-electron chi connectivity index (χ3n) is 4.55. The molecular formula is C17H19N3O4. The van der Waals surface area contributed by atoms with Crippen LogP contribution in [0.15, 0.2) is 41.6 Å². The van der Waals surface area contributed by atoms with Crippen molar-refractivity contribution in [3.63, 3.8) is 0 Å². The molecule has 0 bridgehead atoms. The van der Waals surface area contributed by atoms with Crippen molar-refractivity contribution in [1.82, 2.24) is 14.9 Å². The van der Waals surface area contributed by atoms with Crippen LogP contribution in [0.5, 0.6) is 0 Å². The molecule has 7 nitrogen and oxygen atoms in total. The summed E-state index contributed by atoms with van der Waals surface area (Å²) in [7, 11) is 0. The Balaban J connectivity index is 1.30. The maximum absolute atomic E-state index is 12.2. The average molecular weight is 329 g/mol. The normalized spacial score (nSPS) is 22.3. The van der Waals surface area contributed by atoms with Crippen molar-refractivity contribution in [1.29, 1.82) is 0 Å². The summed E-state index contributed by atoms with van der Waals surface area (Å²) in [6, 6.07) is 3.91. The second kappa shape index (κ2) is 6.33. The SMILES string of the molecule is O=C(c1cocn1)N1CC2(C[C@@H](OCc3cccnc3)CCO2)C1. The van der Waals surface area contributed by atoms with Gasteiger partial charge in [-0.25, -0.2) is 4.98 Å². The maximum atomic E-state index is 12.2. The summed E-state index contributed by atoms with van der Waals surface area (Å²) < 4.78 is 16.8. The van der Waals surface area contributed by atoms with Crippen molar-refractivity contribution in [2.45, 2.75) is 31.2 Å². The minimum absolute atomic E-state index is 0.114. The van der Waals surface area contributed by atoms with Crippen LogP contribution in [0, 0.1) is 0 Å². The molecule has 2 aromatic rings. The first-order chi connectivity index (χ1) is 11.7. The summed E-state index contributed by atoms with van der Waals surface area (Å²) in [4.78, 5) is 22.0. The van der Waals surface area contributed by atoms with Gasteiger partial charge < -0.3 is 18.8 Å². The van der Waals surface area contributed by atoms with E-state index in [-0.39, 0.29) is 17.6 Å². The van der Waals surface area contributed by atoms with Crippen LogP contribution in [0.3, 0.4) is 0 Å². The fourth-order valence-corrected chi connectivity index (χ4v) is 3.32. The number of aromatic nitrogens is 2. The molecule has 4 rings (SSSR count). The first kappa shape index (κ1) is 15.3. The summed E-state index contributed by atoms with van der Waals surface area (Å²) in [5.74, 6) is -0.114. The van der Waals surface area contributed by atoms with E-state index in [2.05, 4.69) is 9.97 Å². The van der Waals surface area contributed by atoms with Crippen molar-refractivity contribution in [2.75, 3.05) is 19.7 Å². The van der Waals surface area contributed by atoms with Crippen LogP contribution in [0.2, 0.25) is 0 Å². The first-order valence-corrected chi connectivity index (χ1v) is 8.06. The van der Waals surface area contributed by atoms with E-state index in [1.54, 1.807) is 11.1 Å². The van der Waals surface area contributed by atoms with Crippen LogP contribution < -0.4 is 0 Å². The Morgan fingerprint density at radius 2 is 2.38 bits per heavy atom. The molecule has 0 N–H and O–H groups in total. The number of amides is 1. The number of oxazole rings is 1. The summed E-state index contributed by atoms with van der Waals surface area (Å²) >= 11 is 0. The van der Waals surface area contributed by atoms with E-state index in [4.69, 9.17) is 13.9 Å². The van der Waals surface area contributed by atoms with Crippen molar-refractivity contribution in [2.24, 2.45) is 0 Å². The fraction of sp³-hybridized carbons (Fsp3) is 0.471. The van der Waals surface area contributed by atoms with Crippen LogP contribution >= 0.6 is 0 Å². The van der Waals surface area contributed by atoms with Crippen molar-refractivity contribution in [3.05, 3.63) is 48.4 Å². The summed E-state index contributed by atoms with van der Waals surface area (Å²) in [5.41, 5.74) is 1.12. The lowest BCUT2D eigenvalue weighted by molar-refractivity contribution is -0.188. The highest BCUT2D eigenvalue weighted by Gasteiger charge is 2.50. The summed E-state index contributed by atoms with van der Waals surface area (Å²) in [6.45, 7) is 2.36. The second-order valence-electron chi connectivity index (χ2n) is 6.35. The molecule has 2 aromatic heterocycles. The molecule has 0 saturated carbocycles. The molecule has 4 heterocycles. The van der Waals surface area contributed by atoms with Gasteiger partial charge in [-0.3, -0.25) is 9.78 Å². The van der Waals surface area contributed by atoms with Crippen LogP contribution in [0.25, 0.3) is 0 Å². The smallest absolute Gasteiger partial charge is 0.276 e. The van der Waals surface area contributed by atoms with E-state index < -0.39 is 0 Å². The van der Waals surface area contributed by atoms with E-state index in [0.717, 1.165) is 18.4 Å². The number of carbonyl (C=O) groups excluding carboxylic acids is 1. The number of ether oxygens (including phenoxy) is 2. The zero-order valence-corrected chi connectivity index (χ0v) is 13.3. The van der Waals surface area contributed by atoms with Gasteiger partial charge in [-0.1, -0.05) is 6.07 Å². The van der Waals surface area contributed by atoms with Gasteiger partial charge in [0.15, 0.2) is 12.1 Å². The van der Waals surface area contributed by atoms with Gasteiger partial charge in [0.2, 0.25) is 0 Å². The molecule has 2 aliphatic heterocycles. The zero-order valence-electron chi connectivity index (χ0n) is 13.3. The topological polar surface area (TPSA) is 77.7 Å². The van der Waals surface area contributed by atoms with E-state index >= 15 is 0 Å². The lowest BCUT2D eigenvalue weighted by atomic mass is 9.84. The highest BCUT2D eigenvalue weighted by molar-refractivity contribution is 5.92. The molecule has 0 unspecified atom stereocenters. The van der Waals surface area contributed by atoms with Crippen LogP contribution in [0.4, 0.5) is 0 Å². The Morgan fingerprint density at radius 3 is 3.12 bits per heavy atom. The molecule has 0 aromatic carbocycles. The van der Waals surface area contributed by atoms with Crippen molar-refractivity contribution >= 4 is 5.91 Å². The maximum Gasteiger partial charge on any atom is 0.276 e. The average Bonchev–Trinajstić information content (AvgIpc) is 3.13. The fourth-order valence-electron chi connectivity index (χ4n) is 3.32. The summed E-state index contributed by atoms with van der Waals surface area (Å²) in [5, 5.41) is 0. The van der Waals surface area contributed by atoms with Gasteiger partial charge >= 0.3 is 0 Å². The molecule has 24 heavy (non-hydrogen) atoms. The highest BCUT2D eigenvalue weighted by Crippen LogP contribution is 2.36. The predicted octanol–water partition coefficient (Wildman–Crippen LogP) is 1.66. The van der Waals surface area contributed by atoms with Gasteiger partial charge in [0.25, 0.3) is 5.91 Å². The van der Waals surface area contributed by atoms with Crippen LogP contribution in [0.1, 0.15) is 28.9 Å². The Hall–Kier alpha value is -2.25.